The molecule has 0 fully saturated rings. The molecule has 0 radical (unpaired) electrons. The van der Waals surface area contributed by atoms with Crippen molar-refractivity contribution in [3.05, 3.63) is 29.4 Å². The summed E-state index contributed by atoms with van der Waals surface area (Å²) in [6, 6.07) is 3.66. The Balaban J connectivity index is 2.14. The molecule has 2 heterocycles. The first-order chi connectivity index (χ1) is 7.65. The topological polar surface area (TPSA) is 63.8 Å². The number of pyridine rings is 1. The summed E-state index contributed by atoms with van der Waals surface area (Å²) in [6.45, 7) is 4.26. The van der Waals surface area contributed by atoms with E-state index in [4.69, 9.17) is 5.73 Å². The molecule has 5 heteroatoms. The first-order valence-corrected chi connectivity index (χ1v) is 5.97. The van der Waals surface area contributed by atoms with Crippen LogP contribution in [0.15, 0.2) is 23.7 Å². The molecule has 0 bridgehead atoms. The van der Waals surface area contributed by atoms with Gasteiger partial charge in [0.1, 0.15) is 5.82 Å². The van der Waals surface area contributed by atoms with Crippen molar-refractivity contribution >= 4 is 28.0 Å². The first-order valence-electron chi connectivity index (χ1n) is 5.09. The minimum atomic E-state index is 0.453. The summed E-state index contributed by atoms with van der Waals surface area (Å²) in [5.74, 6) is 0.958. The van der Waals surface area contributed by atoms with Gasteiger partial charge in [-0.05, 0) is 12.0 Å². The van der Waals surface area contributed by atoms with Crippen LogP contribution in [-0.2, 0) is 0 Å². The van der Waals surface area contributed by atoms with E-state index in [-0.39, 0.29) is 0 Å². The Hall–Kier alpha value is -1.62. The summed E-state index contributed by atoms with van der Waals surface area (Å²) in [5, 5.41) is 6.16. The van der Waals surface area contributed by atoms with Crippen LogP contribution in [0.2, 0.25) is 0 Å². The highest BCUT2D eigenvalue weighted by Gasteiger charge is 2.05. The van der Waals surface area contributed by atoms with Crippen LogP contribution in [0, 0.1) is 0 Å². The van der Waals surface area contributed by atoms with Crippen molar-refractivity contribution in [1.82, 2.24) is 9.97 Å². The Morgan fingerprint density at radius 2 is 2.25 bits per heavy atom. The van der Waals surface area contributed by atoms with Crippen molar-refractivity contribution in [3.8, 4) is 0 Å². The molecule has 2 aromatic rings. The lowest BCUT2D eigenvalue weighted by Gasteiger charge is -2.02. The molecule has 2 rings (SSSR count). The maximum Gasteiger partial charge on any atom is 0.187 e. The minimum absolute atomic E-state index is 0.453. The molecule has 0 atom stereocenters. The Morgan fingerprint density at radius 3 is 2.88 bits per heavy atom. The Morgan fingerprint density at radius 1 is 1.44 bits per heavy atom. The number of nitrogens with two attached hydrogens (primary N) is 1. The molecule has 84 valence electrons. The third kappa shape index (κ3) is 2.49. The van der Waals surface area contributed by atoms with Crippen molar-refractivity contribution in [2.24, 2.45) is 0 Å². The van der Waals surface area contributed by atoms with Gasteiger partial charge in [0.2, 0.25) is 0 Å². The number of nitrogen functional groups attached to an aromatic ring is 1. The molecule has 0 saturated heterocycles. The predicted molar refractivity (Wildman–Crippen MR) is 68.1 cm³/mol. The predicted octanol–water partition coefficient (Wildman–Crippen LogP) is 2.99. The standard InChI is InChI=1S/C11H14N4S/c1-7(2)9-6-16-11(15-9)14-8-3-4-13-10(12)5-8/h3-7H,1-2H3,(H3,12,13,14,15). The summed E-state index contributed by atoms with van der Waals surface area (Å²) in [5.41, 5.74) is 7.62. The molecule has 16 heavy (non-hydrogen) atoms. The number of nitrogens with zero attached hydrogens (tertiary/aromatic N) is 2. The quantitative estimate of drug-likeness (QED) is 0.857. The van der Waals surface area contributed by atoms with E-state index in [1.54, 1.807) is 23.6 Å². The number of thiazole rings is 1. The van der Waals surface area contributed by atoms with Gasteiger partial charge in [0.25, 0.3) is 0 Å². The lowest BCUT2D eigenvalue weighted by molar-refractivity contribution is 0.834. The second-order valence-electron chi connectivity index (χ2n) is 3.83. The van der Waals surface area contributed by atoms with Gasteiger partial charge in [-0.25, -0.2) is 9.97 Å². The van der Waals surface area contributed by atoms with Crippen LogP contribution < -0.4 is 11.1 Å². The number of anilines is 3. The number of nitrogens with one attached hydrogen (secondary N) is 1. The molecule has 0 spiro atoms. The molecule has 0 aliphatic carbocycles. The number of aromatic nitrogens is 2. The molecule has 3 N–H and O–H groups in total. The Bertz CT molecular complexity index is 478. The van der Waals surface area contributed by atoms with Crippen LogP contribution in [0.25, 0.3) is 0 Å². The summed E-state index contributed by atoms with van der Waals surface area (Å²) >= 11 is 1.60. The molecule has 0 aliphatic rings. The van der Waals surface area contributed by atoms with Gasteiger partial charge in [-0.3, -0.25) is 0 Å². The van der Waals surface area contributed by atoms with Gasteiger partial charge in [0, 0.05) is 23.3 Å². The van der Waals surface area contributed by atoms with E-state index in [0.717, 1.165) is 16.5 Å². The van der Waals surface area contributed by atoms with Crippen molar-refractivity contribution in [1.29, 1.82) is 0 Å². The van der Waals surface area contributed by atoms with Gasteiger partial charge in [-0.15, -0.1) is 11.3 Å². The fraction of sp³-hybridized carbons (Fsp3) is 0.273. The second-order valence-corrected chi connectivity index (χ2v) is 4.68. The van der Waals surface area contributed by atoms with Crippen molar-refractivity contribution < 1.29 is 0 Å². The van der Waals surface area contributed by atoms with E-state index in [9.17, 15) is 0 Å². The van der Waals surface area contributed by atoms with Crippen molar-refractivity contribution in [2.75, 3.05) is 11.1 Å². The fourth-order valence-corrected chi connectivity index (χ4v) is 2.15. The van der Waals surface area contributed by atoms with E-state index < -0.39 is 0 Å². The second kappa shape index (κ2) is 4.49. The molecular formula is C11H14N4S. The summed E-state index contributed by atoms with van der Waals surface area (Å²) in [6.07, 6.45) is 1.68. The van der Waals surface area contributed by atoms with Gasteiger partial charge in [0.15, 0.2) is 5.13 Å². The lowest BCUT2D eigenvalue weighted by Crippen LogP contribution is -1.94. The van der Waals surface area contributed by atoms with Gasteiger partial charge in [-0.1, -0.05) is 13.8 Å². The molecule has 0 amide bonds. The average Bonchev–Trinajstić information content (AvgIpc) is 2.66. The molecule has 2 aromatic heterocycles. The zero-order chi connectivity index (χ0) is 11.5. The van der Waals surface area contributed by atoms with E-state index in [1.165, 1.54) is 0 Å². The van der Waals surface area contributed by atoms with Crippen molar-refractivity contribution in [2.45, 2.75) is 19.8 Å². The minimum Gasteiger partial charge on any atom is -0.384 e. The molecule has 0 aromatic carbocycles. The van der Waals surface area contributed by atoms with Crippen LogP contribution in [0.1, 0.15) is 25.5 Å². The zero-order valence-electron chi connectivity index (χ0n) is 9.27. The summed E-state index contributed by atoms with van der Waals surface area (Å²) in [7, 11) is 0. The zero-order valence-corrected chi connectivity index (χ0v) is 10.1. The van der Waals surface area contributed by atoms with Gasteiger partial charge in [0.05, 0.1) is 5.69 Å². The van der Waals surface area contributed by atoms with E-state index >= 15 is 0 Å². The first kappa shape index (κ1) is 10.9. The van der Waals surface area contributed by atoms with Gasteiger partial charge >= 0.3 is 0 Å². The van der Waals surface area contributed by atoms with Crippen molar-refractivity contribution in [3.63, 3.8) is 0 Å². The van der Waals surface area contributed by atoms with E-state index in [0.29, 0.717) is 11.7 Å². The van der Waals surface area contributed by atoms with Crippen LogP contribution in [0.3, 0.4) is 0 Å². The third-order valence-electron chi connectivity index (χ3n) is 2.15. The molecule has 0 aliphatic heterocycles. The third-order valence-corrected chi connectivity index (χ3v) is 2.92. The van der Waals surface area contributed by atoms with E-state index in [1.807, 2.05) is 6.07 Å². The highest BCUT2D eigenvalue weighted by Crippen LogP contribution is 2.24. The highest BCUT2D eigenvalue weighted by molar-refractivity contribution is 7.13. The lowest BCUT2D eigenvalue weighted by atomic mass is 10.2. The number of rotatable bonds is 3. The van der Waals surface area contributed by atoms with Gasteiger partial charge in [-0.2, -0.15) is 0 Å². The average molecular weight is 234 g/mol. The van der Waals surface area contributed by atoms with Crippen LogP contribution in [-0.4, -0.2) is 9.97 Å². The SMILES string of the molecule is CC(C)c1csc(Nc2ccnc(N)c2)n1. The van der Waals surface area contributed by atoms with Gasteiger partial charge < -0.3 is 11.1 Å². The summed E-state index contributed by atoms with van der Waals surface area (Å²) < 4.78 is 0. The van der Waals surface area contributed by atoms with Crippen LogP contribution in [0.5, 0.6) is 0 Å². The normalized spacial score (nSPS) is 10.7. The van der Waals surface area contributed by atoms with E-state index in [2.05, 4.69) is 34.5 Å². The largest absolute Gasteiger partial charge is 0.384 e. The summed E-state index contributed by atoms with van der Waals surface area (Å²) in [4.78, 5) is 8.42. The molecule has 0 saturated carbocycles. The molecule has 0 unspecified atom stereocenters. The Kier molecular flexibility index (Phi) is 3.05. The smallest absolute Gasteiger partial charge is 0.187 e. The number of hydrogen-bond donors (Lipinski definition) is 2. The fourth-order valence-electron chi connectivity index (χ4n) is 1.26. The maximum atomic E-state index is 5.60. The van der Waals surface area contributed by atoms with Crippen LogP contribution in [0.4, 0.5) is 16.6 Å². The molecule has 4 nitrogen and oxygen atoms in total. The molecular weight excluding hydrogens is 220 g/mol. The Labute approximate surface area is 98.6 Å². The number of hydrogen-bond acceptors (Lipinski definition) is 5. The highest BCUT2D eigenvalue weighted by atomic mass is 32.1. The monoisotopic (exact) mass is 234 g/mol. The maximum absolute atomic E-state index is 5.60. The van der Waals surface area contributed by atoms with Crippen LogP contribution >= 0.6 is 11.3 Å².